The Bertz CT molecular complexity index is 354. The van der Waals surface area contributed by atoms with Gasteiger partial charge in [0.1, 0.15) is 0 Å². The van der Waals surface area contributed by atoms with Gasteiger partial charge in [-0.3, -0.25) is 4.68 Å². The van der Waals surface area contributed by atoms with Gasteiger partial charge < -0.3 is 10.1 Å². The Morgan fingerprint density at radius 1 is 1.33 bits per heavy atom. The molecule has 100 valence electrons. The van der Waals surface area contributed by atoms with E-state index >= 15 is 0 Å². The SMILES string of the molecule is Cc1c(C2CCNCC2)cnn1C1CCCOC1. The van der Waals surface area contributed by atoms with Crippen LogP contribution in [0.1, 0.15) is 48.9 Å². The number of hydrogen-bond donors (Lipinski definition) is 1. The maximum absolute atomic E-state index is 5.58. The first-order valence-electron chi connectivity index (χ1n) is 7.18. The van der Waals surface area contributed by atoms with Crippen LogP contribution in [0.2, 0.25) is 0 Å². The van der Waals surface area contributed by atoms with Crippen molar-refractivity contribution in [2.75, 3.05) is 26.3 Å². The van der Waals surface area contributed by atoms with E-state index in [0.29, 0.717) is 12.0 Å². The third kappa shape index (κ3) is 2.31. The Labute approximate surface area is 109 Å². The number of ether oxygens (including phenoxy) is 1. The van der Waals surface area contributed by atoms with Gasteiger partial charge in [0.2, 0.25) is 0 Å². The number of hydrogen-bond acceptors (Lipinski definition) is 3. The number of piperidine rings is 1. The summed E-state index contributed by atoms with van der Waals surface area (Å²) < 4.78 is 7.78. The second kappa shape index (κ2) is 5.41. The third-order valence-electron chi connectivity index (χ3n) is 4.34. The molecule has 2 aliphatic rings. The highest BCUT2D eigenvalue weighted by atomic mass is 16.5. The Morgan fingerprint density at radius 3 is 2.89 bits per heavy atom. The molecule has 2 fully saturated rings. The summed E-state index contributed by atoms with van der Waals surface area (Å²) in [5, 5.41) is 8.06. The molecule has 1 aromatic heterocycles. The summed E-state index contributed by atoms with van der Waals surface area (Å²) >= 11 is 0. The van der Waals surface area contributed by atoms with Crippen LogP contribution in [0.25, 0.3) is 0 Å². The van der Waals surface area contributed by atoms with E-state index in [1.165, 1.54) is 30.5 Å². The fraction of sp³-hybridized carbons (Fsp3) is 0.786. The zero-order valence-corrected chi connectivity index (χ0v) is 11.2. The predicted molar refractivity (Wildman–Crippen MR) is 70.9 cm³/mol. The highest BCUT2D eigenvalue weighted by Gasteiger charge is 2.23. The summed E-state index contributed by atoms with van der Waals surface area (Å²) in [6.45, 7) is 6.24. The van der Waals surface area contributed by atoms with Crippen LogP contribution in [-0.2, 0) is 4.74 Å². The van der Waals surface area contributed by atoms with Gasteiger partial charge in [-0.25, -0.2) is 0 Å². The van der Waals surface area contributed by atoms with Gasteiger partial charge in [-0.05, 0) is 57.2 Å². The van der Waals surface area contributed by atoms with E-state index < -0.39 is 0 Å². The van der Waals surface area contributed by atoms with Crippen molar-refractivity contribution >= 4 is 0 Å². The zero-order chi connectivity index (χ0) is 12.4. The van der Waals surface area contributed by atoms with Crippen molar-refractivity contribution in [3.05, 3.63) is 17.5 Å². The van der Waals surface area contributed by atoms with E-state index in [9.17, 15) is 0 Å². The van der Waals surface area contributed by atoms with Gasteiger partial charge in [-0.2, -0.15) is 5.10 Å². The van der Waals surface area contributed by atoms with Crippen LogP contribution < -0.4 is 5.32 Å². The molecule has 1 aromatic rings. The number of nitrogens with zero attached hydrogens (tertiary/aromatic N) is 2. The fourth-order valence-corrected chi connectivity index (χ4v) is 3.26. The van der Waals surface area contributed by atoms with Crippen LogP contribution in [-0.4, -0.2) is 36.1 Å². The maximum atomic E-state index is 5.58. The first-order valence-corrected chi connectivity index (χ1v) is 7.18. The number of aromatic nitrogens is 2. The average molecular weight is 249 g/mol. The number of rotatable bonds is 2. The van der Waals surface area contributed by atoms with Gasteiger partial charge >= 0.3 is 0 Å². The van der Waals surface area contributed by atoms with Crippen molar-refractivity contribution in [1.82, 2.24) is 15.1 Å². The molecule has 0 bridgehead atoms. The normalized spacial score (nSPS) is 26.4. The molecule has 3 heterocycles. The molecule has 0 amide bonds. The summed E-state index contributed by atoms with van der Waals surface area (Å²) in [5.41, 5.74) is 2.82. The lowest BCUT2D eigenvalue weighted by Gasteiger charge is -2.25. The van der Waals surface area contributed by atoms with Crippen LogP contribution in [0.5, 0.6) is 0 Å². The predicted octanol–water partition coefficient (Wildman–Crippen LogP) is 2.01. The smallest absolute Gasteiger partial charge is 0.0756 e. The molecule has 1 atom stereocenters. The van der Waals surface area contributed by atoms with Crippen LogP contribution in [0.15, 0.2) is 6.20 Å². The van der Waals surface area contributed by atoms with Crippen molar-refractivity contribution in [2.45, 2.75) is 44.6 Å². The summed E-state index contributed by atoms with van der Waals surface area (Å²) in [4.78, 5) is 0. The second-order valence-electron chi connectivity index (χ2n) is 5.53. The zero-order valence-electron chi connectivity index (χ0n) is 11.2. The van der Waals surface area contributed by atoms with Gasteiger partial charge in [0.05, 0.1) is 18.8 Å². The van der Waals surface area contributed by atoms with Crippen molar-refractivity contribution in [3.63, 3.8) is 0 Å². The molecule has 0 radical (unpaired) electrons. The number of nitrogens with one attached hydrogen (secondary N) is 1. The third-order valence-corrected chi connectivity index (χ3v) is 4.34. The van der Waals surface area contributed by atoms with Crippen molar-refractivity contribution in [1.29, 1.82) is 0 Å². The van der Waals surface area contributed by atoms with Gasteiger partial charge in [0.25, 0.3) is 0 Å². The topological polar surface area (TPSA) is 39.1 Å². The summed E-state index contributed by atoms with van der Waals surface area (Å²) in [5.74, 6) is 0.699. The van der Waals surface area contributed by atoms with E-state index in [1.807, 2.05) is 0 Å². The molecule has 0 aliphatic carbocycles. The van der Waals surface area contributed by atoms with Crippen molar-refractivity contribution < 1.29 is 4.74 Å². The van der Waals surface area contributed by atoms with Gasteiger partial charge in [-0.15, -0.1) is 0 Å². The molecular formula is C14H23N3O. The highest BCUT2D eigenvalue weighted by Crippen LogP contribution is 2.30. The fourth-order valence-electron chi connectivity index (χ4n) is 3.26. The first-order chi connectivity index (χ1) is 8.86. The van der Waals surface area contributed by atoms with Crippen molar-refractivity contribution in [3.8, 4) is 0 Å². The quantitative estimate of drug-likeness (QED) is 0.871. The largest absolute Gasteiger partial charge is 0.379 e. The molecular weight excluding hydrogens is 226 g/mol. The maximum Gasteiger partial charge on any atom is 0.0756 e. The van der Waals surface area contributed by atoms with Crippen LogP contribution >= 0.6 is 0 Å². The van der Waals surface area contributed by atoms with E-state index in [0.717, 1.165) is 32.7 Å². The minimum atomic E-state index is 0.453. The minimum Gasteiger partial charge on any atom is -0.379 e. The Kier molecular flexibility index (Phi) is 3.66. The molecule has 0 aromatic carbocycles. The molecule has 0 spiro atoms. The highest BCUT2D eigenvalue weighted by molar-refractivity contribution is 5.22. The first kappa shape index (κ1) is 12.2. The second-order valence-corrected chi connectivity index (χ2v) is 5.53. The van der Waals surface area contributed by atoms with Crippen LogP contribution in [0, 0.1) is 6.92 Å². The summed E-state index contributed by atoms with van der Waals surface area (Å²) in [6, 6.07) is 0.453. The molecule has 18 heavy (non-hydrogen) atoms. The Balaban J connectivity index is 1.78. The van der Waals surface area contributed by atoms with Crippen LogP contribution in [0.4, 0.5) is 0 Å². The van der Waals surface area contributed by atoms with Crippen molar-refractivity contribution in [2.24, 2.45) is 0 Å². The lowest BCUT2D eigenvalue weighted by molar-refractivity contribution is 0.0541. The molecule has 2 saturated heterocycles. The molecule has 1 N–H and O–H groups in total. The average Bonchev–Trinajstić information content (AvgIpc) is 2.83. The molecule has 4 heteroatoms. The van der Waals surface area contributed by atoms with Gasteiger partial charge in [0, 0.05) is 12.3 Å². The van der Waals surface area contributed by atoms with E-state index in [4.69, 9.17) is 4.74 Å². The van der Waals surface area contributed by atoms with Gasteiger partial charge in [0.15, 0.2) is 0 Å². The molecule has 1 unspecified atom stereocenters. The molecule has 4 nitrogen and oxygen atoms in total. The Hall–Kier alpha value is -0.870. The van der Waals surface area contributed by atoms with E-state index in [-0.39, 0.29) is 0 Å². The lowest BCUT2D eigenvalue weighted by Crippen LogP contribution is -2.27. The van der Waals surface area contributed by atoms with E-state index in [1.54, 1.807) is 0 Å². The molecule has 2 aliphatic heterocycles. The van der Waals surface area contributed by atoms with E-state index in [2.05, 4.69) is 28.2 Å². The van der Waals surface area contributed by atoms with Gasteiger partial charge in [-0.1, -0.05) is 0 Å². The summed E-state index contributed by atoms with van der Waals surface area (Å²) in [7, 11) is 0. The minimum absolute atomic E-state index is 0.453. The van der Waals surface area contributed by atoms with Crippen LogP contribution in [0.3, 0.4) is 0 Å². The summed E-state index contributed by atoms with van der Waals surface area (Å²) in [6.07, 6.45) is 6.95. The Morgan fingerprint density at radius 2 is 2.17 bits per heavy atom. The monoisotopic (exact) mass is 249 g/mol. The molecule has 0 saturated carbocycles. The standard InChI is InChI=1S/C14H23N3O/c1-11-14(12-4-6-15-7-5-12)9-16-17(11)13-3-2-8-18-10-13/h9,12-13,15H,2-8,10H2,1H3. The lowest BCUT2D eigenvalue weighted by atomic mass is 9.90. The molecule has 3 rings (SSSR count).